The zero-order chi connectivity index (χ0) is 8.27. The number of carbonyl (C=O) groups excluding carboxylic acids is 2. The Bertz CT molecular complexity index is 181. The number of hydrogen-bond donors (Lipinski definition) is 2. The summed E-state index contributed by atoms with van der Waals surface area (Å²) in [6.07, 6.45) is -0.364. The second kappa shape index (κ2) is 3.23. The van der Waals surface area contributed by atoms with Crippen molar-refractivity contribution < 1.29 is 14.3 Å². The van der Waals surface area contributed by atoms with Crippen LogP contribution in [0.2, 0.25) is 0 Å². The molecule has 1 fully saturated rings. The molecule has 0 spiro atoms. The number of hydrogen-bond acceptors (Lipinski definition) is 3. The zero-order valence-corrected chi connectivity index (χ0v) is 6.00. The molecule has 5 nitrogen and oxygen atoms in total. The lowest BCUT2D eigenvalue weighted by atomic mass is 10.1. The third-order valence-corrected chi connectivity index (χ3v) is 1.52. The van der Waals surface area contributed by atoms with Gasteiger partial charge in [-0.1, -0.05) is 0 Å². The summed E-state index contributed by atoms with van der Waals surface area (Å²) in [5.41, 5.74) is 4.74. The van der Waals surface area contributed by atoms with Crippen LogP contribution in [0.4, 0.5) is 4.79 Å². The maximum atomic E-state index is 10.6. The summed E-state index contributed by atoms with van der Waals surface area (Å²) in [6.45, 7) is 0.806. The van der Waals surface area contributed by atoms with Crippen LogP contribution in [-0.2, 0) is 9.53 Å². The van der Waals surface area contributed by atoms with E-state index in [1.165, 1.54) is 0 Å². The standard InChI is InChI=1S/C6H10N2O3/c7-6(10)11-3-4-1-5(9)8-2-4/h4H,1-3H2,(H2,7,10)(H,8,9). The van der Waals surface area contributed by atoms with Crippen molar-refractivity contribution in [3.63, 3.8) is 0 Å². The van der Waals surface area contributed by atoms with E-state index < -0.39 is 6.09 Å². The molecular formula is C6H10N2O3. The van der Waals surface area contributed by atoms with Crippen LogP contribution in [0.3, 0.4) is 0 Å². The molecule has 1 rings (SSSR count). The molecule has 3 N–H and O–H groups in total. The Labute approximate surface area is 63.9 Å². The minimum absolute atomic E-state index is 0.00284. The summed E-state index contributed by atoms with van der Waals surface area (Å²) < 4.78 is 4.52. The summed E-state index contributed by atoms with van der Waals surface area (Å²) in [5.74, 6) is 0.0954. The van der Waals surface area contributed by atoms with E-state index in [9.17, 15) is 9.59 Å². The van der Waals surface area contributed by atoms with Gasteiger partial charge in [-0.2, -0.15) is 0 Å². The maximum Gasteiger partial charge on any atom is 0.404 e. The third kappa shape index (κ3) is 2.45. The van der Waals surface area contributed by atoms with Crippen LogP contribution < -0.4 is 11.1 Å². The van der Waals surface area contributed by atoms with Gasteiger partial charge in [-0.3, -0.25) is 4.79 Å². The second-order valence-corrected chi connectivity index (χ2v) is 2.50. The molecule has 0 aliphatic carbocycles. The van der Waals surface area contributed by atoms with Gasteiger partial charge in [-0.25, -0.2) is 4.79 Å². The van der Waals surface area contributed by atoms with Crippen molar-refractivity contribution in [2.75, 3.05) is 13.2 Å². The Balaban J connectivity index is 2.18. The van der Waals surface area contributed by atoms with Gasteiger partial charge in [0.15, 0.2) is 0 Å². The van der Waals surface area contributed by atoms with Crippen molar-refractivity contribution in [2.45, 2.75) is 6.42 Å². The Morgan fingerprint density at radius 3 is 3.00 bits per heavy atom. The number of carbonyl (C=O) groups is 2. The van der Waals surface area contributed by atoms with Gasteiger partial charge in [0, 0.05) is 18.9 Å². The van der Waals surface area contributed by atoms with E-state index in [1.54, 1.807) is 0 Å². The van der Waals surface area contributed by atoms with Crippen molar-refractivity contribution in [2.24, 2.45) is 11.7 Å². The zero-order valence-electron chi connectivity index (χ0n) is 6.00. The van der Waals surface area contributed by atoms with E-state index in [4.69, 9.17) is 5.73 Å². The highest BCUT2D eigenvalue weighted by molar-refractivity contribution is 5.78. The summed E-state index contributed by atoms with van der Waals surface area (Å²) in [4.78, 5) is 20.7. The van der Waals surface area contributed by atoms with Crippen molar-refractivity contribution in [3.05, 3.63) is 0 Å². The fraction of sp³-hybridized carbons (Fsp3) is 0.667. The quantitative estimate of drug-likeness (QED) is 0.553. The fourth-order valence-electron chi connectivity index (χ4n) is 0.983. The molecule has 0 radical (unpaired) electrons. The molecule has 1 aliphatic rings. The Hall–Kier alpha value is -1.26. The minimum atomic E-state index is -0.788. The smallest absolute Gasteiger partial charge is 0.404 e. The average Bonchev–Trinajstić information content (AvgIpc) is 2.31. The maximum absolute atomic E-state index is 10.6. The van der Waals surface area contributed by atoms with E-state index in [0.29, 0.717) is 13.0 Å². The van der Waals surface area contributed by atoms with Crippen LogP contribution >= 0.6 is 0 Å². The molecule has 11 heavy (non-hydrogen) atoms. The monoisotopic (exact) mass is 158 g/mol. The normalized spacial score (nSPS) is 22.9. The summed E-state index contributed by atoms with van der Waals surface area (Å²) in [7, 11) is 0. The van der Waals surface area contributed by atoms with Crippen LogP contribution in [0.25, 0.3) is 0 Å². The molecule has 0 aromatic rings. The molecule has 2 amide bonds. The van der Waals surface area contributed by atoms with Gasteiger partial charge in [-0.15, -0.1) is 0 Å². The third-order valence-electron chi connectivity index (χ3n) is 1.52. The lowest BCUT2D eigenvalue weighted by molar-refractivity contribution is -0.119. The van der Waals surface area contributed by atoms with Crippen molar-refractivity contribution in [3.8, 4) is 0 Å². The molecular weight excluding hydrogens is 148 g/mol. The number of rotatable bonds is 2. The highest BCUT2D eigenvalue weighted by Gasteiger charge is 2.21. The van der Waals surface area contributed by atoms with E-state index in [-0.39, 0.29) is 18.4 Å². The number of ether oxygens (including phenoxy) is 1. The molecule has 62 valence electrons. The van der Waals surface area contributed by atoms with Gasteiger partial charge in [0.05, 0.1) is 6.61 Å². The predicted octanol–water partition coefficient (Wildman–Crippen LogP) is -0.782. The molecule has 0 bridgehead atoms. The van der Waals surface area contributed by atoms with Gasteiger partial charge in [0.25, 0.3) is 0 Å². The van der Waals surface area contributed by atoms with Crippen molar-refractivity contribution in [1.82, 2.24) is 5.32 Å². The molecule has 1 saturated heterocycles. The Kier molecular flexibility index (Phi) is 2.30. The first-order chi connectivity index (χ1) is 5.18. The first-order valence-corrected chi connectivity index (χ1v) is 3.37. The van der Waals surface area contributed by atoms with Gasteiger partial charge in [-0.05, 0) is 0 Å². The molecule has 1 aliphatic heterocycles. The molecule has 0 aromatic carbocycles. The second-order valence-electron chi connectivity index (χ2n) is 2.50. The number of nitrogens with two attached hydrogens (primary N) is 1. The minimum Gasteiger partial charge on any atom is -0.449 e. The fourth-order valence-corrected chi connectivity index (χ4v) is 0.983. The van der Waals surface area contributed by atoms with E-state index in [2.05, 4.69) is 10.1 Å². The molecule has 5 heteroatoms. The summed E-state index contributed by atoms with van der Waals surface area (Å²) in [6, 6.07) is 0. The number of primary amides is 1. The predicted molar refractivity (Wildman–Crippen MR) is 36.7 cm³/mol. The Morgan fingerprint density at radius 1 is 1.82 bits per heavy atom. The average molecular weight is 158 g/mol. The van der Waals surface area contributed by atoms with Gasteiger partial charge in [0.2, 0.25) is 5.91 Å². The van der Waals surface area contributed by atoms with Crippen LogP contribution in [0, 0.1) is 5.92 Å². The highest BCUT2D eigenvalue weighted by Crippen LogP contribution is 2.08. The molecule has 1 unspecified atom stereocenters. The van der Waals surface area contributed by atoms with Crippen molar-refractivity contribution in [1.29, 1.82) is 0 Å². The molecule has 1 atom stereocenters. The first-order valence-electron chi connectivity index (χ1n) is 3.37. The van der Waals surface area contributed by atoms with E-state index >= 15 is 0 Å². The van der Waals surface area contributed by atoms with Crippen LogP contribution in [0.15, 0.2) is 0 Å². The highest BCUT2D eigenvalue weighted by atomic mass is 16.5. The topological polar surface area (TPSA) is 81.4 Å². The SMILES string of the molecule is NC(=O)OCC1CNC(=O)C1. The largest absolute Gasteiger partial charge is 0.449 e. The molecule has 0 aromatic heterocycles. The lowest BCUT2D eigenvalue weighted by Crippen LogP contribution is -2.20. The summed E-state index contributed by atoms with van der Waals surface area (Å²) >= 11 is 0. The Morgan fingerprint density at radius 2 is 2.55 bits per heavy atom. The van der Waals surface area contributed by atoms with E-state index in [1.807, 2.05) is 0 Å². The van der Waals surface area contributed by atoms with Gasteiger partial charge >= 0.3 is 6.09 Å². The summed E-state index contributed by atoms with van der Waals surface area (Å²) in [5, 5.41) is 2.62. The number of amides is 2. The molecule has 0 saturated carbocycles. The van der Waals surface area contributed by atoms with Crippen LogP contribution in [0.5, 0.6) is 0 Å². The van der Waals surface area contributed by atoms with E-state index in [0.717, 1.165) is 0 Å². The van der Waals surface area contributed by atoms with Gasteiger partial charge in [0.1, 0.15) is 0 Å². The van der Waals surface area contributed by atoms with Crippen molar-refractivity contribution >= 4 is 12.0 Å². The first kappa shape index (κ1) is 7.84. The lowest BCUT2D eigenvalue weighted by Gasteiger charge is -2.05. The number of nitrogens with one attached hydrogen (secondary N) is 1. The molecule has 1 heterocycles. The van der Waals surface area contributed by atoms with Crippen LogP contribution in [-0.4, -0.2) is 25.2 Å². The van der Waals surface area contributed by atoms with Gasteiger partial charge < -0.3 is 15.8 Å². The van der Waals surface area contributed by atoms with Crippen LogP contribution in [0.1, 0.15) is 6.42 Å².